The summed E-state index contributed by atoms with van der Waals surface area (Å²) in [5.41, 5.74) is 0.657. The summed E-state index contributed by atoms with van der Waals surface area (Å²) in [5, 5.41) is 3.01. The third-order valence-electron chi connectivity index (χ3n) is 4.26. The Labute approximate surface area is 153 Å². The summed E-state index contributed by atoms with van der Waals surface area (Å²) in [4.78, 5) is 34.4. The van der Waals surface area contributed by atoms with Gasteiger partial charge in [0.05, 0.1) is 0 Å². The monoisotopic (exact) mass is 359 g/mol. The molecule has 0 saturated heterocycles. The molecule has 6 heteroatoms. The minimum absolute atomic E-state index is 0.136. The predicted molar refractivity (Wildman–Crippen MR) is 97.7 cm³/mol. The fraction of sp³-hybridized carbons (Fsp3) is 0.450. The molecule has 1 fully saturated rings. The summed E-state index contributed by atoms with van der Waals surface area (Å²) in [6.45, 7) is 4.76. The molecule has 1 N–H and O–H groups in total. The largest absolute Gasteiger partial charge is 0.423 e. The van der Waals surface area contributed by atoms with E-state index in [0.717, 1.165) is 31.6 Å². The smallest absolute Gasteiger partial charge is 0.308 e. The Morgan fingerprint density at radius 3 is 2.23 bits per heavy atom. The van der Waals surface area contributed by atoms with Crippen LogP contribution in [-0.4, -0.2) is 23.9 Å². The van der Waals surface area contributed by atoms with E-state index in [1.165, 1.54) is 26.0 Å². The van der Waals surface area contributed by atoms with Crippen LogP contribution in [0.4, 0.5) is 0 Å². The highest BCUT2D eigenvalue weighted by atomic mass is 16.6. The number of nitrogens with one attached hydrogen (secondary N) is 1. The fourth-order valence-electron chi connectivity index (χ4n) is 2.93. The highest BCUT2D eigenvalue weighted by molar-refractivity contribution is 5.92. The van der Waals surface area contributed by atoms with Gasteiger partial charge in [0, 0.05) is 26.0 Å². The van der Waals surface area contributed by atoms with E-state index in [0.29, 0.717) is 5.56 Å². The van der Waals surface area contributed by atoms with Crippen molar-refractivity contribution in [2.45, 2.75) is 52.5 Å². The number of amides is 1. The molecule has 0 atom stereocenters. The maximum atomic E-state index is 12.1. The van der Waals surface area contributed by atoms with Crippen LogP contribution in [0, 0.1) is 5.92 Å². The van der Waals surface area contributed by atoms with Crippen molar-refractivity contribution in [2.75, 3.05) is 0 Å². The molecule has 1 aliphatic carbocycles. The van der Waals surface area contributed by atoms with E-state index in [2.05, 4.69) is 12.2 Å². The lowest BCUT2D eigenvalue weighted by Crippen LogP contribution is -2.36. The van der Waals surface area contributed by atoms with E-state index in [1.54, 1.807) is 18.2 Å². The van der Waals surface area contributed by atoms with E-state index in [1.807, 2.05) is 0 Å². The molecule has 2 rings (SSSR count). The van der Waals surface area contributed by atoms with Crippen molar-refractivity contribution in [1.29, 1.82) is 0 Å². The first-order valence-electron chi connectivity index (χ1n) is 8.83. The Kier molecular flexibility index (Phi) is 6.95. The second kappa shape index (κ2) is 9.17. The van der Waals surface area contributed by atoms with Crippen LogP contribution in [0.25, 0.3) is 6.08 Å². The molecule has 1 aliphatic rings. The van der Waals surface area contributed by atoms with E-state index >= 15 is 0 Å². The predicted octanol–water partition coefficient (Wildman–Crippen LogP) is 3.25. The quantitative estimate of drug-likeness (QED) is 0.496. The number of rotatable bonds is 5. The van der Waals surface area contributed by atoms with Gasteiger partial charge in [0.2, 0.25) is 5.91 Å². The fourth-order valence-corrected chi connectivity index (χ4v) is 2.93. The Hall–Kier alpha value is -2.63. The van der Waals surface area contributed by atoms with Crippen LogP contribution < -0.4 is 14.8 Å². The minimum atomic E-state index is -0.524. The second-order valence-corrected chi connectivity index (χ2v) is 6.69. The van der Waals surface area contributed by atoms with Gasteiger partial charge in [-0.05, 0) is 55.4 Å². The molecule has 1 aromatic carbocycles. The van der Waals surface area contributed by atoms with Crippen molar-refractivity contribution >= 4 is 23.9 Å². The van der Waals surface area contributed by atoms with Crippen LogP contribution in [0.2, 0.25) is 0 Å². The van der Waals surface area contributed by atoms with Crippen molar-refractivity contribution in [2.24, 2.45) is 5.92 Å². The summed E-state index contributed by atoms with van der Waals surface area (Å²) in [6, 6.07) is 4.98. The van der Waals surface area contributed by atoms with Gasteiger partial charge in [-0.3, -0.25) is 14.4 Å². The van der Waals surface area contributed by atoms with Crippen LogP contribution in [-0.2, 0) is 14.4 Å². The molecule has 0 aromatic heterocycles. The van der Waals surface area contributed by atoms with Gasteiger partial charge in [0.1, 0.15) is 0 Å². The number of hydrogen-bond acceptors (Lipinski definition) is 5. The SMILES string of the molecule is CC(=O)Oc1ccc(C=CC(=O)NC2CCC(C)CC2)cc1OC(C)=O. The zero-order valence-corrected chi connectivity index (χ0v) is 15.4. The van der Waals surface area contributed by atoms with E-state index in [-0.39, 0.29) is 23.4 Å². The van der Waals surface area contributed by atoms with Gasteiger partial charge in [-0.1, -0.05) is 13.0 Å². The Balaban J connectivity index is 2.03. The van der Waals surface area contributed by atoms with Crippen molar-refractivity contribution in [1.82, 2.24) is 5.32 Å². The summed E-state index contributed by atoms with van der Waals surface area (Å²) < 4.78 is 10.1. The molecule has 0 unspecified atom stereocenters. The molecule has 0 spiro atoms. The van der Waals surface area contributed by atoms with Crippen molar-refractivity contribution < 1.29 is 23.9 Å². The molecule has 0 bridgehead atoms. The first-order valence-corrected chi connectivity index (χ1v) is 8.83. The van der Waals surface area contributed by atoms with Crippen molar-refractivity contribution in [3.63, 3.8) is 0 Å². The van der Waals surface area contributed by atoms with E-state index < -0.39 is 11.9 Å². The summed E-state index contributed by atoms with van der Waals surface area (Å²) in [7, 11) is 0. The number of hydrogen-bond donors (Lipinski definition) is 1. The van der Waals surface area contributed by atoms with Gasteiger partial charge in [0.15, 0.2) is 11.5 Å². The molecular formula is C20H25NO5. The lowest BCUT2D eigenvalue weighted by atomic mass is 9.87. The second-order valence-electron chi connectivity index (χ2n) is 6.69. The van der Waals surface area contributed by atoms with Crippen LogP contribution in [0.15, 0.2) is 24.3 Å². The first-order chi connectivity index (χ1) is 12.3. The third-order valence-corrected chi connectivity index (χ3v) is 4.26. The topological polar surface area (TPSA) is 81.7 Å². The van der Waals surface area contributed by atoms with Gasteiger partial charge in [-0.2, -0.15) is 0 Å². The lowest BCUT2D eigenvalue weighted by Gasteiger charge is -2.26. The Bertz CT molecular complexity index is 702. The normalized spacial score (nSPS) is 19.8. The highest BCUT2D eigenvalue weighted by Gasteiger charge is 2.18. The number of ether oxygens (including phenoxy) is 2. The molecule has 1 saturated carbocycles. The van der Waals surface area contributed by atoms with E-state index in [4.69, 9.17) is 9.47 Å². The standard InChI is InChI=1S/C20H25NO5/c1-13-4-8-17(9-5-13)21-20(24)11-7-16-6-10-18(25-14(2)22)19(12-16)26-15(3)23/h6-7,10-13,17H,4-5,8-9H2,1-3H3,(H,21,24). The van der Waals surface area contributed by atoms with Gasteiger partial charge in [0.25, 0.3) is 0 Å². The molecule has 140 valence electrons. The van der Waals surface area contributed by atoms with Gasteiger partial charge in [-0.25, -0.2) is 0 Å². The maximum Gasteiger partial charge on any atom is 0.308 e. The Morgan fingerprint density at radius 1 is 1.00 bits per heavy atom. The number of benzene rings is 1. The molecule has 0 heterocycles. The van der Waals surface area contributed by atoms with Gasteiger partial charge in [-0.15, -0.1) is 0 Å². The maximum absolute atomic E-state index is 12.1. The molecule has 6 nitrogen and oxygen atoms in total. The van der Waals surface area contributed by atoms with Crippen LogP contribution in [0.1, 0.15) is 52.0 Å². The summed E-state index contributed by atoms with van der Waals surface area (Å²) >= 11 is 0. The Morgan fingerprint density at radius 2 is 1.62 bits per heavy atom. The lowest BCUT2D eigenvalue weighted by molar-refractivity contribution is -0.134. The summed E-state index contributed by atoms with van der Waals surface area (Å²) in [6.07, 6.45) is 7.38. The average molecular weight is 359 g/mol. The molecule has 0 radical (unpaired) electrons. The number of carbonyl (C=O) groups is 3. The summed E-state index contributed by atoms with van der Waals surface area (Å²) in [5.74, 6) is -0.161. The van der Waals surface area contributed by atoms with Crippen molar-refractivity contribution in [3.8, 4) is 11.5 Å². The molecular weight excluding hydrogens is 334 g/mol. The number of esters is 2. The minimum Gasteiger partial charge on any atom is -0.423 e. The highest BCUT2D eigenvalue weighted by Crippen LogP contribution is 2.29. The zero-order valence-electron chi connectivity index (χ0n) is 15.4. The van der Waals surface area contributed by atoms with Crippen molar-refractivity contribution in [3.05, 3.63) is 29.8 Å². The number of carbonyl (C=O) groups excluding carboxylic acids is 3. The van der Waals surface area contributed by atoms with Crippen LogP contribution in [0.5, 0.6) is 11.5 Å². The first kappa shape index (κ1) is 19.7. The molecule has 0 aliphatic heterocycles. The van der Waals surface area contributed by atoms with Crippen LogP contribution in [0.3, 0.4) is 0 Å². The average Bonchev–Trinajstić information content (AvgIpc) is 2.56. The van der Waals surface area contributed by atoms with Gasteiger partial charge < -0.3 is 14.8 Å². The van der Waals surface area contributed by atoms with E-state index in [9.17, 15) is 14.4 Å². The zero-order chi connectivity index (χ0) is 19.1. The van der Waals surface area contributed by atoms with Crippen LogP contribution >= 0.6 is 0 Å². The molecule has 1 aromatic rings. The van der Waals surface area contributed by atoms with Gasteiger partial charge >= 0.3 is 11.9 Å². The molecule has 1 amide bonds. The molecule has 26 heavy (non-hydrogen) atoms. The third kappa shape index (κ3) is 6.35.